The molecule has 2 rings (SSSR count). The average molecular weight is 305 g/mol. The molecule has 106 valence electrons. The van der Waals surface area contributed by atoms with Crippen molar-refractivity contribution in [2.75, 3.05) is 38.3 Å². The van der Waals surface area contributed by atoms with Crippen molar-refractivity contribution < 1.29 is 4.74 Å². The zero-order valence-electron chi connectivity index (χ0n) is 10.9. The molecule has 5 nitrogen and oxygen atoms in total. The molecule has 7 heteroatoms. The van der Waals surface area contributed by atoms with E-state index in [2.05, 4.69) is 20.4 Å². The van der Waals surface area contributed by atoms with Gasteiger partial charge in [-0.1, -0.05) is 23.2 Å². The minimum Gasteiger partial charge on any atom is -0.383 e. The maximum atomic E-state index is 6.12. The molecule has 1 aromatic rings. The van der Waals surface area contributed by atoms with Gasteiger partial charge in [0.25, 0.3) is 0 Å². The van der Waals surface area contributed by atoms with E-state index >= 15 is 0 Å². The summed E-state index contributed by atoms with van der Waals surface area (Å²) in [6, 6.07) is 2.22. The molecule has 19 heavy (non-hydrogen) atoms. The fourth-order valence-corrected chi connectivity index (χ4v) is 2.61. The highest BCUT2D eigenvalue weighted by molar-refractivity contribution is 6.33. The minimum absolute atomic E-state index is 0.348. The molecule has 1 aliphatic rings. The van der Waals surface area contributed by atoms with Crippen molar-refractivity contribution in [2.24, 2.45) is 0 Å². The Kier molecular flexibility index (Phi) is 5.63. The van der Waals surface area contributed by atoms with E-state index in [4.69, 9.17) is 27.9 Å². The summed E-state index contributed by atoms with van der Waals surface area (Å²) in [4.78, 5) is 2.15. The van der Waals surface area contributed by atoms with Crippen LogP contribution in [0, 0.1) is 0 Å². The summed E-state index contributed by atoms with van der Waals surface area (Å²) < 4.78 is 5.15. The second-order valence-corrected chi connectivity index (χ2v) is 5.32. The quantitative estimate of drug-likeness (QED) is 0.871. The summed E-state index contributed by atoms with van der Waals surface area (Å²) in [6.07, 6.45) is 2.39. The number of nitrogens with zero attached hydrogens (tertiary/aromatic N) is 3. The lowest BCUT2D eigenvalue weighted by Crippen LogP contribution is -2.39. The van der Waals surface area contributed by atoms with Gasteiger partial charge in [-0.15, -0.1) is 10.2 Å². The first-order chi connectivity index (χ1) is 9.20. The number of anilines is 1. The lowest BCUT2D eigenvalue weighted by Gasteiger charge is -2.27. The summed E-state index contributed by atoms with van der Waals surface area (Å²) >= 11 is 12.0. The Morgan fingerprint density at radius 2 is 2.32 bits per heavy atom. The Hall–Kier alpha value is -0.620. The summed E-state index contributed by atoms with van der Waals surface area (Å²) in [7, 11) is 1.69. The largest absolute Gasteiger partial charge is 0.383 e. The van der Waals surface area contributed by atoms with E-state index in [9.17, 15) is 0 Å². The van der Waals surface area contributed by atoms with Gasteiger partial charge in [0.05, 0.1) is 12.3 Å². The van der Waals surface area contributed by atoms with Gasteiger partial charge in [-0.2, -0.15) is 0 Å². The molecular formula is C12H18Cl2N4O. The highest BCUT2D eigenvalue weighted by Crippen LogP contribution is 2.26. The van der Waals surface area contributed by atoms with Crippen LogP contribution in [-0.2, 0) is 4.74 Å². The van der Waals surface area contributed by atoms with Crippen LogP contribution in [-0.4, -0.2) is 49.6 Å². The molecule has 2 heterocycles. The molecule has 1 fully saturated rings. The molecule has 0 saturated carbocycles. The van der Waals surface area contributed by atoms with Crippen LogP contribution in [0.15, 0.2) is 6.07 Å². The van der Waals surface area contributed by atoms with Crippen molar-refractivity contribution >= 4 is 28.9 Å². The molecule has 0 aromatic carbocycles. The van der Waals surface area contributed by atoms with Crippen LogP contribution in [0.1, 0.15) is 12.8 Å². The summed E-state index contributed by atoms with van der Waals surface area (Å²) in [5.74, 6) is 0. The third kappa shape index (κ3) is 4.18. The maximum Gasteiger partial charge on any atom is 0.175 e. The molecule has 0 bridgehead atoms. The van der Waals surface area contributed by atoms with Crippen LogP contribution in [0.4, 0.5) is 5.69 Å². The summed E-state index contributed by atoms with van der Waals surface area (Å²) in [5.41, 5.74) is 0.812. The van der Waals surface area contributed by atoms with Crippen molar-refractivity contribution in [3.05, 3.63) is 16.4 Å². The monoisotopic (exact) mass is 304 g/mol. The van der Waals surface area contributed by atoms with E-state index in [1.54, 1.807) is 13.2 Å². The van der Waals surface area contributed by atoms with Crippen molar-refractivity contribution in [1.29, 1.82) is 0 Å². The van der Waals surface area contributed by atoms with Gasteiger partial charge in [0.15, 0.2) is 10.3 Å². The highest BCUT2D eigenvalue weighted by atomic mass is 35.5. The molecular weight excluding hydrogens is 287 g/mol. The fraction of sp³-hybridized carbons (Fsp3) is 0.667. The second kappa shape index (κ2) is 7.24. The van der Waals surface area contributed by atoms with Crippen molar-refractivity contribution in [1.82, 2.24) is 15.5 Å². The number of ether oxygens (including phenoxy) is 1. The first kappa shape index (κ1) is 14.8. The van der Waals surface area contributed by atoms with E-state index in [1.165, 1.54) is 12.8 Å². The van der Waals surface area contributed by atoms with Gasteiger partial charge in [0.1, 0.15) is 0 Å². The zero-order chi connectivity index (χ0) is 13.7. The molecule has 0 spiro atoms. The number of rotatable bonds is 6. The molecule has 1 aromatic heterocycles. The smallest absolute Gasteiger partial charge is 0.175 e. The Bertz CT molecular complexity index is 413. The lowest BCUT2D eigenvalue weighted by molar-refractivity contribution is 0.204. The first-order valence-corrected chi connectivity index (χ1v) is 7.12. The molecule has 1 N–H and O–H groups in total. The molecule has 0 radical (unpaired) electrons. The predicted octanol–water partition coefficient (Wildman–Crippen LogP) is 1.99. The average Bonchev–Trinajstić information content (AvgIpc) is 2.90. The zero-order valence-corrected chi connectivity index (χ0v) is 12.4. The molecule has 0 aliphatic carbocycles. The van der Waals surface area contributed by atoms with Crippen LogP contribution < -0.4 is 10.2 Å². The van der Waals surface area contributed by atoms with E-state index in [0.717, 1.165) is 25.3 Å². The van der Waals surface area contributed by atoms with Gasteiger partial charge in [0, 0.05) is 32.3 Å². The van der Waals surface area contributed by atoms with E-state index in [1.807, 2.05) is 0 Å². The SMILES string of the molecule is COCCN(CC1CCCN1)c1cc(Cl)nnc1Cl. The van der Waals surface area contributed by atoms with Crippen molar-refractivity contribution in [2.45, 2.75) is 18.9 Å². The van der Waals surface area contributed by atoms with Crippen molar-refractivity contribution in [3.63, 3.8) is 0 Å². The second-order valence-electron chi connectivity index (χ2n) is 4.58. The van der Waals surface area contributed by atoms with Crippen LogP contribution >= 0.6 is 23.2 Å². The lowest BCUT2D eigenvalue weighted by atomic mass is 10.2. The maximum absolute atomic E-state index is 6.12. The number of aromatic nitrogens is 2. The molecule has 1 saturated heterocycles. The Labute approximate surface area is 123 Å². The third-order valence-electron chi connectivity index (χ3n) is 3.21. The van der Waals surface area contributed by atoms with Gasteiger partial charge in [0.2, 0.25) is 0 Å². The molecule has 1 atom stereocenters. The van der Waals surface area contributed by atoms with Gasteiger partial charge in [-0.3, -0.25) is 0 Å². The normalized spacial score (nSPS) is 18.8. The molecule has 1 aliphatic heterocycles. The predicted molar refractivity (Wildman–Crippen MR) is 77.2 cm³/mol. The summed E-state index contributed by atoms with van der Waals surface area (Å²) in [6.45, 7) is 3.32. The van der Waals surface area contributed by atoms with E-state index < -0.39 is 0 Å². The van der Waals surface area contributed by atoms with Gasteiger partial charge >= 0.3 is 0 Å². The third-order valence-corrected chi connectivity index (χ3v) is 3.66. The first-order valence-electron chi connectivity index (χ1n) is 6.36. The van der Waals surface area contributed by atoms with Gasteiger partial charge in [-0.25, -0.2) is 0 Å². The van der Waals surface area contributed by atoms with Crippen LogP contribution in [0.3, 0.4) is 0 Å². The number of hydrogen-bond donors (Lipinski definition) is 1. The molecule has 1 unspecified atom stereocenters. The Morgan fingerprint density at radius 3 is 3.00 bits per heavy atom. The van der Waals surface area contributed by atoms with Crippen LogP contribution in [0.25, 0.3) is 0 Å². The fourth-order valence-electron chi connectivity index (χ4n) is 2.26. The highest BCUT2D eigenvalue weighted by Gasteiger charge is 2.20. The Morgan fingerprint density at radius 1 is 1.47 bits per heavy atom. The van der Waals surface area contributed by atoms with Crippen molar-refractivity contribution in [3.8, 4) is 0 Å². The van der Waals surface area contributed by atoms with Gasteiger partial charge < -0.3 is 15.0 Å². The van der Waals surface area contributed by atoms with Crippen LogP contribution in [0.5, 0.6) is 0 Å². The van der Waals surface area contributed by atoms with E-state index in [0.29, 0.717) is 23.0 Å². The van der Waals surface area contributed by atoms with Crippen LogP contribution in [0.2, 0.25) is 10.3 Å². The minimum atomic E-state index is 0.348. The topological polar surface area (TPSA) is 50.3 Å². The number of methoxy groups -OCH3 is 1. The Balaban J connectivity index is 2.12. The number of nitrogens with one attached hydrogen (secondary N) is 1. The number of halogens is 2. The number of hydrogen-bond acceptors (Lipinski definition) is 5. The van der Waals surface area contributed by atoms with Gasteiger partial charge in [-0.05, 0) is 19.4 Å². The van der Waals surface area contributed by atoms with E-state index in [-0.39, 0.29) is 0 Å². The molecule has 0 amide bonds. The summed E-state index contributed by atoms with van der Waals surface area (Å²) in [5, 5.41) is 11.8. The standard InChI is InChI=1S/C12H18Cl2N4O/c1-19-6-5-18(8-9-3-2-4-15-9)10-7-11(13)16-17-12(10)14/h7,9,15H,2-6,8H2,1H3.